The normalized spacial score (nSPS) is 15.3. The molecular weight excluding hydrogens is 470 g/mol. The van der Waals surface area contributed by atoms with Gasteiger partial charge in [0.25, 0.3) is 0 Å². The topological polar surface area (TPSA) is 3.24 Å². The fourth-order valence-electron chi connectivity index (χ4n) is 7.06. The van der Waals surface area contributed by atoms with Gasteiger partial charge in [-0.15, -0.1) is 0 Å². The van der Waals surface area contributed by atoms with Gasteiger partial charge in [0.1, 0.15) is 0 Å². The Kier molecular flexibility index (Phi) is 5.19. The van der Waals surface area contributed by atoms with Gasteiger partial charge < -0.3 is 4.90 Å². The quantitative estimate of drug-likeness (QED) is 0.235. The predicted molar refractivity (Wildman–Crippen MR) is 166 cm³/mol. The van der Waals surface area contributed by atoms with Crippen LogP contribution in [-0.2, 0) is 17.3 Å². The summed E-state index contributed by atoms with van der Waals surface area (Å²) in [4.78, 5) is 2.48. The van der Waals surface area contributed by atoms with Gasteiger partial charge in [0.2, 0.25) is 0 Å². The van der Waals surface area contributed by atoms with Crippen molar-refractivity contribution in [2.24, 2.45) is 0 Å². The summed E-state index contributed by atoms with van der Waals surface area (Å²) in [5.41, 5.74) is 15.9. The molecule has 0 N–H and O–H groups in total. The molecule has 5 aromatic rings. The van der Waals surface area contributed by atoms with E-state index in [1.54, 1.807) is 0 Å². The van der Waals surface area contributed by atoms with Crippen molar-refractivity contribution in [1.29, 1.82) is 0 Å². The van der Waals surface area contributed by atoms with E-state index in [-0.39, 0.29) is 10.8 Å². The van der Waals surface area contributed by atoms with Crippen LogP contribution >= 0.6 is 0 Å². The van der Waals surface area contributed by atoms with Gasteiger partial charge in [-0.05, 0) is 81.3 Å². The van der Waals surface area contributed by atoms with Crippen molar-refractivity contribution >= 4 is 17.1 Å². The zero-order valence-electron chi connectivity index (χ0n) is 23.5. The minimum Gasteiger partial charge on any atom is -0.310 e. The van der Waals surface area contributed by atoms with Gasteiger partial charge in [0.15, 0.2) is 0 Å². The molecule has 1 heteroatoms. The number of nitrogens with zero attached hydrogens (tertiary/aromatic N) is 1. The monoisotopic (exact) mass is 505 g/mol. The van der Waals surface area contributed by atoms with E-state index in [1.807, 2.05) is 0 Å². The second-order valence-corrected chi connectivity index (χ2v) is 12.1. The van der Waals surface area contributed by atoms with E-state index in [4.69, 9.17) is 0 Å². The maximum Gasteiger partial charge on any atom is 0.0543 e. The fraction of sp³-hybridized carbons (Fsp3) is 0.211. The molecule has 0 radical (unpaired) electrons. The molecule has 2 aliphatic rings. The highest BCUT2D eigenvalue weighted by atomic mass is 15.1. The number of hydrogen-bond donors (Lipinski definition) is 0. The molecule has 0 spiro atoms. The van der Waals surface area contributed by atoms with Gasteiger partial charge in [-0.25, -0.2) is 0 Å². The first-order valence-electron chi connectivity index (χ1n) is 14.2. The summed E-state index contributed by atoms with van der Waals surface area (Å²) in [7, 11) is 0. The van der Waals surface area contributed by atoms with Gasteiger partial charge in [-0.1, -0.05) is 113 Å². The first-order valence-corrected chi connectivity index (χ1v) is 14.2. The van der Waals surface area contributed by atoms with E-state index < -0.39 is 0 Å². The Labute approximate surface area is 232 Å². The second-order valence-electron chi connectivity index (χ2n) is 12.1. The summed E-state index contributed by atoms with van der Waals surface area (Å²) in [6.45, 7) is 11.7. The lowest BCUT2D eigenvalue weighted by Gasteiger charge is -2.30. The summed E-state index contributed by atoms with van der Waals surface area (Å²) >= 11 is 0. The van der Waals surface area contributed by atoms with Crippen LogP contribution in [0.1, 0.15) is 62.4 Å². The van der Waals surface area contributed by atoms with Gasteiger partial charge in [0, 0.05) is 27.8 Å². The fourth-order valence-corrected chi connectivity index (χ4v) is 7.06. The lowest BCUT2D eigenvalue weighted by Crippen LogP contribution is -2.17. The van der Waals surface area contributed by atoms with Crippen molar-refractivity contribution in [2.75, 3.05) is 4.90 Å². The number of anilines is 3. The van der Waals surface area contributed by atoms with Gasteiger partial charge in [0.05, 0.1) is 5.69 Å². The number of aryl methyl sites for hydroxylation is 1. The van der Waals surface area contributed by atoms with Crippen LogP contribution in [0.5, 0.6) is 0 Å². The Morgan fingerprint density at radius 2 is 1.08 bits per heavy atom. The van der Waals surface area contributed by atoms with Crippen LogP contribution < -0.4 is 4.90 Å². The molecule has 0 heterocycles. The number of rotatable bonds is 4. The lowest BCUT2D eigenvalue weighted by molar-refractivity contribution is 0.660. The van der Waals surface area contributed by atoms with Crippen LogP contribution in [0.25, 0.3) is 22.3 Å². The van der Waals surface area contributed by atoms with Gasteiger partial charge in [-0.3, -0.25) is 0 Å². The number of benzene rings is 5. The van der Waals surface area contributed by atoms with E-state index in [0.717, 1.165) is 6.42 Å². The highest BCUT2D eigenvalue weighted by molar-refractivity contribution is 5.95. The van der Waals surface area contributed by atoms with Gasteiger partial charge in [-0.2, -0.15) is 0 Å². The Morgan fingerprint density at radius 3 is 1.79 bits per heavy atom. The maximum atomic E-state index is 2.48. The molecular formula is C38H35N. The summed E-state index contributed by atoms with van der Waals surface area (Å²) in [6.07, 6.45) is 1.04. The molecule has 39 heavy (non-hydrogen) atoms. The Morgan fingerprint density at radius 1 is 0.513 bits per heavy atom. The summed E-state index contributed by atoms with van der Waals surface area (Å²) in [5.74, 6) is 0. The highest BCUT2D eigenvalue weighted by Crippen LogP contribution is 2.55. The first kappa shape index (κ1) is 24.0. The standard InChI is InChI=1S/C38H35N/c1-6-25-18-20-26(21-19-25)39(27-22-23-29-28-12-7-9-14-31(28)38(4,5)34(29)24-27)35-17-11-16-33-36(35)30-13-8-10-15-32(30)37(33,2)3/h7-24H,6H2,1-5H3. The lowest BCUT2D eigenvalue weighted by atomic mass is 9.82. The zero-order chi connectivity index (χ0) is 26.9. The molecule has 0 saturated heterocycles. The zero-order valence-corrected chi connectivity index (χ0v) is 23.5. The largest absolute Gasteiger partial charge is 0.310 e. The third kappa shape index (κ3) is 3.39. The van der Waals surface area contributed by atoms with Crippen molar-refractivity contribution in [2.45, 2.75) is 51.9 Å². The van der Waals surface area contributed by atoms with E-state index in [2.05, 4.69) is 149 Å². The molecule has 0 fully saturated rings. The minimum atomic E-state index is -0.0487. The van der Waals surface area contributed by atoms with Crippen LogP contribution in [0.4, 0.5) is 17.1 Å². The maximum absolute atomic E-state index is 2.48. The molecule has 0 atom stereocenters. The summed E-state index contributed by atoms with van der Waals surface area (Å²) < 4.78 is 0. The SMILES string of the molecule is CCc1ccc(N(c2ccc3c(c2)C(C)(C)c2ccccc2-3)c2cccc3c2-c2ccccc2C3(C)C)cc1. The van der Waals surface area contributed by atoms with Gasteiger partial charge >= 0.3 is 0 Å². The molecule has 7 rings (SSSR count). The molecule has 0 amide bonds. The highest BCUT2D eigenvalue weighted by Gasteiger charge is 2.39. The van der Waals surface area contributed by atoms with Crippen LogP contribution in [-0.4, -0.2) is 0 Å². The Bertz CT molecular complexity index is 1740. The van der Waals surface area contributed by atoms with Crippen molar-refractivity contribution in [3.8, 4) is 22.3 Å². The van der Waals surface area contributed by atoms with E-state index in [9.17, 15) is 0 Å². The number of hydrogen-bond acceptors (Lipinski definition) is 1. The molecule has 192 valence electrons. The van der Waals surface area contributed by atoms with Crippen LogP contribution in [0, 0.1) is 0 Å². The van der Waals surface area contributed by atoms with E-state index in [1.165, 1.54) is 67.1 Å². The van der Waals surface area contributed by atoms with Crippen LogP contribution in [0.2, 0.25) is 0 Å². The molecule has 0 saturated carbocycles. The summed E-state index contributed by atoms with van der Waals surface area (Å²) in [5, 5.41) is 0. The first-order chi connectivity index (χ1) is 18.8. The summed E-state index contributed by atoms with van der Waals surface area (Å²) in [6, 6.07) is 40.9. The minimum absolute atomic E-state index is 0.0404. The molecule has 0 aliphatic heterocycles. The second kappa shape index (κ2) is 8.45. The molecule has 5 aromatic carbocycles. The van der Waals surface area contributed by atoms with Crippen LogP contribution in [0.15, 0.2) is 109 Å². The molecule has 0 unspecified atom stereocenters. The van der Waals surface area contributed by atoms with Crippen molar-refractivity contribution in [1.82, 2.24) is 0 Å². The number of fused-ring (bicyclic) bond motifs is 6. The smallest absolute Gasteiger partial charge is 0.0543 e. The average Bonchev–Trinajstić information content (AvgIpc) is 3.34. The Hall–Kier alpha value is -4.10. The van der Waals surface area contributed by atoms with E-state index >= 15 is 0 Å². The molecule has 2 aliphatic carbocycles. The molecule has 0 bridgehead atoms. The average molecular weight is 506 g/mol. The van der Waals surface area contributed by atoms with Crippen molar-refractivity contribution in [3.63, 3.8) is 0 Å². The molecule has 0 aromatic heterocycles. The predicted octanol–water partition coefficient (Wildman–Crippen LogP) is 10.3. The van der Waals surface area contributed by atoms with Crippen LogP contribution in [0.3, 0.4) is 0 Å². The van der Waals surface area contributed by atoms with E-state index in [0.29, 0.717) is 0 Å². The third-order valence-corrected chi connectivity index (χ3v) is 9.25. The Balaban J connectivity index is 1.48. The third-order valence-electron chi connectivity index (χ3n) is 9.25. The molecule has 1 nitrogen and oxygen atoms in total. The van der Waals surface area contributed by atoms with Crippen molar-refractivity contribution in [3.05, 3.63) is 137 Å². The van der Waals surface area contributed by atoms with Crippen molar-refractivity contribution < 1.29 is 0 Å².